The van der Waals surface area contributed by atoms with Gasteiger partial charge in [0, 0.05) is 11.9 Å². The molecule has 1 aliphatic rings. The molecule has 2 heterocycles. The highest BCUT2D eigenvalue weighted by Crippen LogP contribution is 2.23. The number of nitriles is 1. The summed E-state index contributed by atoms with van der Waals surface area (Å²) in [6, 6.07) is 5.75. The van der Waals surface area contributed by atoms with E-state index in [1.807, 2.05) is 6.07 Å². The topological polar surface area (TPSA) is 48.7 Å². The maximum absolute atomic E-state index is 8.78. The first kappa shape index (κ1) is 11.4. The van der Waals surface area contributed by atoms with Crippen molar-refractivity contribution in [3.05, 3.63) is 23.9 Å². The number of hydrogen-bond donors (Lipinski definition) is 1. The van der Waals surface area contributed by atoms with Crippen molar-refractivity contribution in [2.24, 2.45) is 5.92 Å². The molecule has 0 bridgehead atoms. The zero-order chi connectivity index (χ0) is 11.2. The molecule has 0 unspecified atom stereocenters. The van der Waals surface area contributed by atoms with Crippen LogP contribution in [0.15, 0.2) is 23.4 Å². The molecule has 0 radical (unpaired) electrons. The van der Waals surface area contributed by atoms with E-state index in [1.165, 1.54) is 12.8 Å². The average Bonchev–Trinajstić information content (AvgIpc) is 2.38. The van der Waals surface area contributed by atoms with Crippen LogP contribution in [0.4, 0.5) is 0 Å². The fourth-order valence-electron chi connectivity index (χ4n) is 1.81. The Morgan fingerprint density at radius 2 is 2.31 bits per heavy atom. The van der Waals surface area contributed by atoms with Gasteiger partial charge in [-0.25, -0.2) is 4.98 Å². The van der Waals surface area contributed by atoms with Crippen LogP contribution in [0.5, 0.6) is 0 Å². The molecule has 16 heavy (non-hydrogen) atoms. The van der Waals surface area contributed by atoms with Gasteiger partial charge in [0.25, 0.3) is 0 Å². The maximum atomic E-state index is 8.78. The van der Waals surface area contributed by atoms with Crippen molar-refractivity contribution >= 4 is 11.8 Å². The first-order chi connectivity index (χ1) is 7.88. The van der Waals surface area contributed by atoms with Gasteiger partial charge in [-0.1, -0.05) is 0 Å². The van der Waals surface area contributed by atoms with Crippen LogP contribution in [0.1, 0.15) is 18.4 Å². The summed E-state index contributed by atoms with van der Waals surface area (Å²) in [5.74, 6) is 1.91. The van der Waals surface area contributed by atoms with E-state index >= 15 is 0 Å². The zero-order valence-electron chi connectivity index (χ0n) is 9.15. The molecule has 0 aliphatic carbocycles. The lowest BCUT2D eigenvalue weighted by Crippen LogP contribution is -2.28. The fraction of sp³-hybridized carbons (Fsp3) is 0.500. The summed E-state index contributed by atoms with van der Waals surface area (Å²) in [6.45, 7) is 2.27. The van der Waals surface area contributed by atoms with E-state index in [0.29, 0.717) is 5.56 Å². The summed E-state index contributed by atoms with van der Waals surface area (Å²) in [5, 5.41) is 13.1. The molecule has 1 saturated heterocycles. The molecule has 0 atom stereocenters. The second kappa shape index (κ2) is 5.88. The summed E-state index contributed by atoms with van der Waals surface area (Å²) in [4.78, 5) is 4.27. The molecule has 1 aromatic heterocycles. The molecule has 0 amide bonds. The molecule has 1 aliphatic heterocycles. The minimum absolute atomic E-state index is 0.697. The third-order valence-electron chi connectivity index (χ3n) is 2.79. The summed E-state index contributed by atoms with van der Waals surface area (Å²) in [5.41, 5.74) is 0.697. The van der Waals surface area contributed by atoms with Gasteiger partial charge in [0.1, 0.15) is 0 Å². The van der Waals surface area contributed by atoms with Gasteiger partial charge < -0.3 is 5.32 Å². The van der Waals surface area contributed by atoms with Crippen LogP contribution in [0.3, 0.4) is 0 Å². The van der Waals surface area contributed by atoms with E-state index < -0.39 is 0 Å². The van der Waals surface area contributed by atoms with E-state index in [1.54, 1.807) is 24.0 Å². The summed E-state index contributed by atoms with van der Waals surface area (Å²) in [6.07, 6.45) is 4.22. The van der Waals surface area contributed by atoms with E-state index in [-0.39, 0.29) is 0 Å². The van der Waals surface area contributed by atoms with Gasteiger partial charge in [-0.2, -0.15) is 5.26 Å². The lowest BCUT2D eigenvalue weighted by atomic mass is 10.0. The van der Waals surface area contributed by atoms with Gasteiger partial charge in [-0.15, -0.1) is 11.8 Å². The van der Waals surface area contributed by atoms with Gasteiger partial charge in [0.15, 0.2) is 0 Å². The first-order valence-electron chi connectivity index (χ1n) is 5.58. The van der Waals surface area contributed by atoms with Gasteiger partial charge in [0.05, 0.1) is 16.7 Å². The van der Waals surface area contributed by atoms with E-state index in [0.717, 1.165) is 29.8 Å². The van der Waals surface area contributed by atoms with Crippen molar-refractivity contribution in [2.75, 3.05) is 18.8 Å². The molecular formula is C12H15N3S. The Bertz CT molecular complexity index is 380. The summed E-state index contributed by atoms with van der Waals surface area (Å²) < 4.78 is 0. The van der Waals surface area contributed by atoms with Crippen LogP contribution < -0.4 is 5.32 Å². The highest BCUT2D eigenvalue weighted by Gasteiger charge is 2.13. The highest BCUT2D eigenvalue weighted by atomic mass is 32.2. The molecule has 0 aromatic carbocycles. The van der Waals surface area contributed by atoms with Gasteiger partial charge in [0.2, 0.25) is 0 Å². The molecule has 1 aromatic rings. The zero-order valence-corrected chi connectivity index (χ0v) is 9.96. The van der Waals surface area contributed by atoms with E-state index in [4.69, 9.17) is 5.26 Å². The molecule has 4 heteroatoms. The van der Waals surface area contributed by atoms with E-state index in [9.17, 15) is 0 Å². The molecule has 0 saturated carbocycles. The largest absolute Gasteiger partial charge is 0.317 e. The normalized spacial score (nSPS) is 16.9. The van der Waals surface area contributed by atoms with Crippen LogP contribution in [0.2, 0.25) is 0 Å². The van der Waals surface area contributed by atoms with Crippen LogP contribution in [-0.2, 0) is 0 Å². The number of pyridine rings is 1. The predicted octanol–water partition coefficient (Wildman–Crippen LogP) is 2.04. The van der Waals surface area contributed by atoms with Crippen molar-refractivity contribution in [1.82, 2.24) is 10.3 Å². The van der Waals surface area contributed by atoms with Crippen LogP contribution in [0, 0.1) is 17.2 Å². The minimum Gasteiger partial charge on any atom is -0.317 e. The Kier molecular flexibility index (Phi) is 4.20. The fourth-order valence-corrected chi connectivity index (χ4v) is 2.90. The van der Waals surface area contributed by atoms with Crippen molar-refractivity contribution in [3.8, 4) is 6.07 Å². The molecular weight excluding hydrogens is 218 g/mol. The maximum Gasteiger partial charge on any atom is 0.0993 e. The number of hydrogen-bond acceptors (Lipinski definition) is 4. The van der Waals surface area contributed by atoms with Crippen LogP contribution in [0.25, 0.3) is 0 Å². The smallest absolute Gasteiger partial charge is 0.0993 e. The molecule has 0 spiro atoms. The molecule has 1 fully saturated rings. The highest BCUT2D eigenvalue weighted by molar-refractivity contribution is 7.99. The lowest BCUT2D eigenvalue weighted by molar-refractivity contribution is 0.408. The van der Waals surface area contributed by atoms with Crippen LogP contribution in [-0.4, -0.2) is 23.8 Å². The average molecular weight is 233 g/mol. The standard InChI is InChI=1S/C12H15N3S/c13-8-11-3-6-15-12(7-11)16-9-10-1-4-14-5-2-10/h3,6-7,10,14H,1-2,4-5,9H2. The first-order valence-corrected chi connectivity index (χ1v) is 6.57. The summed E-state index contributed by atoms with van der Waals surface area (Å²) >= 11 is 1.77. The molecule has 1 N–H and O–H groups in total. The van der Waals surface area contributed by atoms with Crippen molar-refractivity contribution in [1.29, 1.82) is 5.26 Å². The Labute approximate surface area is 100 Å². The number of thioether (sulfide) groups is 1. The van der Waals surface area contributed by atoms with E-state index in [2.05, 4.69) is 16.4 Å². The molecule has 2 rings (SSSR count). The second-order valence-electron chi connectivity index (χ2n) is 4.00. The van der Waals surface area contributed by atoms with Gasteiger partial charge in [-0.3, -0.25) is 0 Å². The number of piperidine rings is 1. The SMILES string of the molecule is N#Cc1ccnc(SCC2CCNCC2)c1. The third-order valence-corrected chi connectivity index (χ3v) is 3.95. The Hall–Kier alpha value is -1.05. The number of rotatable bonds is 3. The monoisotopic (exact) mass is 233 g/mol. The van der Waals surface area contributed by atoms with Crippen LogP contribution >= 0.6 is 11.8 Å². The van der Waals surface area contributed by atoms with Crippen molar-refractivity contribution in [2.45, 2.75) is 17.9 Å². The lowest BCUT2D eigenvalue weighted by Gasteiger charge is -2.21. The number of nitrogens with zero attached hydrogens (tertiary/aromatic N) is 2. The molecule has 3 nitrogen and oxygen atoms in total. The van der Waals surface area contributed by atoms with Gasteiger partial charge >= 0.3 is 0 Å². The van der Waals surface area contributed by atoms with Crippen molar-refractivity contribution < 1.29 is 0 Å². The quantitative estimate of drug-likeness (QED) is 0.812. The number of aromatic nitrogens is 1. The summed E-state index contributed by atoms with van der Waals surface area (Å²) in [7, 11) is 0. The minimum atomic E-state index is 0.697. The Balaban J connectivity index is 1.86. The Morgan fingerprint density at radius 1 is 1.50 bits per heavy atom. The van der Waals surface area contributed by atoms with Gasteiger partial charge in [-0.05, 0) is 44.0 Å². The third kappa shape index (κ3) is 3.22. The Morgan fingerprint density at radius 3 is 3.06 bits per heavy atom. The van der Waals surface area contributed by atoms with Crippen molar-refractivity contribution in [3.63, 3.8) is 0 Å². The molecule has 84 valence electrons. The predicted molar refractivity (Wildman–Crippen MR) is 65.3 cm³/mol. The number of nitrogens with one attached hydrogen (secondary N) is 1. The second-order valence-corrected chi connectivity index (χ2v) is 5.04.